The number of hydrogen-bond donors (Lipinski definition) is 1. The summed E-state index contributed by atoms with van der Waals surface area (Å²) in [6, 6.07) is 11.7. The minimum absolute atomic E-state index is 0.0542. The van der Waals surface area contributed by atoms with Gasteiger partial charge in [0.05, 0.1) is 5.69 Å². The molecule has 0 spiro atoms. The number of nitrogens with one attached hydrogen (secondary N) is 1. The van der Waals surface area contributed by atoms with E-state index in [2.05, 4.69) is 20.6 Å². The number of benzene rings is 1. The molecule has 0 aliphatic heterocycles. The van der Waals surface area contributed by atoms with Crippen molar-refractivity contribution in [2.75, 3.05) is 0 Å². The predicted molar refractivity (Wildman–Crippen MR) is 101 cm³/mol. The first-order valence-corrected chi connectivity index (χ1v) is 9.43. The van der Waals surface area contributed by atoms with Gasteiger partial charge in [-0.25, -0.2) is 4.68 Å². The summed E-state index contributed by atoms with van der Waals surface area (Å²) in [7, 11) is 0. The maximum absolute atomic E-state index is 12.1. The number of aromatic nitrogens is 4. The fourth-order valence-electron chi connectivity index (χ4n) is 2.56. The van der Waals surface area contributed by atoms with E-state index in [-0.39, 0.29) is 5.91 Å². The van der Waals surface area contributed by atoms with Crippen molar-refractivity contribution in [1.29, 1.82) is 0 Å². The van der Waals surface area contributed by atoms with Crippen molar-refractivity contribution in [2.24, 2.45) is 0 Å². The smallest absolute Gasteiger partial charge is 0.248 e. The lowest BCUT2D eigenvalue weighted by Gasteiger charge is -2.06. The molecule has 7 nitrogen and oxygen atoms in total. The number of aryl methyl sites for hydroxylation is 1. The summed E-state index contributed by atoms with van der Waals surface area (Å²) in [5, 5.41) is 19.0. The van der Waals surface area contributed by atoms with Crippen LogP contribution in [-0.2, 0) is 17.8 Å². The predicted octanol–water partition coefficient (Wildman–Crippen LogP) is 3.23. The van der Waals surface area contributed by atoms with Gasteiger partial charge in [-0.15, -0.1) is 10.2 Å². The molecule has 8 heteroatoms. The van der Waals surface area contributed by atoms with Crippen molar-refractivity contribution < 1.29 is 9.21 Å². The molecule has 0 radical (unpaired) electrons. The van der Waals surface area contributed by atoms with Crippen LogP contribution < -0.4 is 5.32 Å². The second-order valence-electron chi connectivity index (χ2n) is 5.91. The highest BCUT2D eigenvalue weighted by molar-refractivity contribution is 7.08. The molecule has 0 atom stereocenters. The molecule has 0 fully saturated rings. The Morgan fingerprint density at radius 2 is 2.07 bits per heavy atom. The van der Waals surface area contributed by atoms with E-state index in [1.807, 2.05) is 53.4 Å². The third-order valence-electron chi connectivity index (χ3n) is 4.00. The molecule has 1 N–H and O–H groups in total. The lowest BCUT2D eigenvalue weighted by molar-refractivity contribution is -0.121. The zero-order valence-electron chi connectivity index (χ0n) is 14.4. The molecule has 3 aromatic heterocycles. The molecule has 0 aliphatic rings. The number of amides is 1. The lowest BCUT2D eigenvalue weighted by atomic mass is 10.2. The van der Waals surface area contributed by atoms with Crippen LogP contribution in [0.4, 0.5) is 0 Å². The molecule has 27 heavy (non-hydrogen) atoms. The van der Waals surface area contributed by atoms with E-state index in [9.17, 15) is 4.79 Å². The first kappa shape index (κ1) is 17.2. The van der Waals surface area contributed by atoms with Gasteiger partial charge in [-0.05, 0) is 35.2 Å². The number of carbonyl (C=O) groups excluding carboxylic acids is 1. The van der Waals surface area contributed by atoms with Gasteiger partial charge in [-0.2, -0.15) is 16.4 Å². The topological polar surface area (TPSA) is 85.8 Å². The summed E-state index contributed by atoms with van der Waals surface area (Å²) < 4.78 is 7.37. The van der Waals surface area contributed by atoms with Gasteiger partial charge in [0.1, 0.15) is 0 Å². The zero-order valence-corrected chi connectivity index (χ0v) is 15.2. The van der Waals surface area contributed by atoms with Gasteiger partial charge in [0.25, 0.3) is 0 Å². The number of nitrogens with zero attached hydrogens (tertiary/aromatic N) is 4. The highest BCUT2D eigenvalue weighted by Crippen LogP contribution is 2.20. The van der Waals surface area contributed by atoms with Crippen molar-refractivity contribution in [2.45, 2.75) is 19.4 Å². The SMILES string of the molecule is O=C(CCc1nnc(-c2ccsc2)o1)NCc1ccc(-n2cccn2)cc1. The summed E-state index contributed by atoms with van der Waals surface area (Å²) in [5.74, 6) is 0.903. The largest absolute Gasteiger partial charge is 0.421 e. The highest BCUT2D eigenvalue weighted by atomic mass is 32.1. The number of hydrogen-bond acceptors (Lipinski definition) is 6. The van der Waals surface area contributed by atoms with Crippen LogP contribution in [0, 0.1) is 0 Å². The third kappa shape index (κ3) is 4.29. The number of thiophene rings is 1. The molecule has 0 aliphatic carbocycles. The van der Waals surface area contributed by atoms with E-state index in [0.717, 1.165) is 16.8 Å². The first-order valence-electron chi connectivity index (χ1n) is 8.48. The van der Waals surface area contributed by atoms with Crippen LogP contribution in [0.3, 0.4) is 0 Å². The third-order valence-corrected chi connectivity index (χ3v) is 4.68. The molecule has 1 aromatic carbocycles. The molecule has 0 saturated carbocycles. The van der Waals surface area contributed by atoms with E-state index in [0.29, 0.717) is 31.2 Å². The Morgan fingerprint density at radius 3 is 2.81 bits per heavy atom. The van der Waals surface area contributed by atoms with Crippen LogP contribution in [0.25, 0.3) is 17.1 Å². The average molecular weight is 379 g/mol. The lowest BCUT2D eigenvalue weighted by Crippen LogP contribution is -2.23. The van der Waals surface area contributed by atoms with Gasteiger partial charge in [0.15, 0.2) is 0 Å². The van der Waals surface area contributed by atoms with Crippen LogP contribution in [-0.4, -0.2) is 25.9 Å². The normalized spacial score (nSPS) is 10.8. The maximum atomic E-state index is 12.1. The highest BCUT2D eigenvalue weighted by Gasteiger charge is 2.10. The maximum Gasteiger partial charge on any atom is 0.248 e. The fraction of sp³-hybridized carbons (Fsp3) is 0.158. The van der Waals surface area contributed by atoms with Crippen molar-refractivity contribution in [1.82, 2.24) is 25.3 Å². The standard InChI is InChI=1S/C19H17N5O2S/c25-17(6-7-18-22-23-19(26-18)15-8-11-27-13-15)20-12-14-2-4-16(5-3-14)24-10-1-9-21-24/h1-5,8-11,13H,6-7,12H2,(H,20,25). The fourth-order valence-corrected chi connectivity index (χ4v) is 3.18. The van der Waals surface area contributed by atoms with E-state index in [4.69, 9.17) is 4.42 Å². The van der Waals surface area contributed by atoms with Crippen molar-refractivity contribution in [3.63, 3.8) is 0 Å². The monoisotopic (exact) mass is 379 g/mol. The van der Waals surface area contributed by atoms with Crippen molar-refractivity contribution in [3.8, 4) is 17.1 Å². The van der Waals surface area contributed by atoms with Gasteiger partial charge in [0.2, 0.25) is 17.7 Å². The van der Waals surface area contributed by atoms with Crippen LogP contribution in [0.5, 0.6) is 0 Å². The Labute approximate surface area is 159 Å². The molecule has 0 bridgehead atoms. The summed E-state index contributed by atoms with van der Waals surface area (Å²) >= 11 is 1.57. The molecule has 1 amide bonds. The van der Waals surface area contributed by atoms with Gasteiger partial charge in [-0.3, -0.25) is 4.79 Å². The van der Waals surface area contributed by atoms with Crippen LogP contribution in [0.2, 0.25) is 0 Å². The molecular formula is C19H17N5O2S. The van der Waals surface area contributed by atoms with Crippen LogP contribution in [0.1, 0.15) is 17.9 Å². The zero-order chi connectivity index (χ0) is 18.5. The summed E-state index contributed by atoms with van der Waals surface area (Å²) in [6.45, 7) is 0.474. The molecule has 0 unspecified atom stereocenters. The molecule has 4 rings (SSSR count). The van der Waals surface area contributed by atoms with Crippen molar-refractivity contribution in [3.05, 3.63) is 71.0 Å². The minimum atomic E-state index is -0.0542. The quantitative estimate of drug-likeness (QED) is 0.533. The van der Waals surface area contributed by atoms with Crippen LogP contribution >= 0.6 is 11.3 Å². The Balaban J connectivity index is 1.25. The second kappa shape index (κ2) is 7.96. The Hall–Kier alpha value is -3.26. The van der Waals surface area contributed by atoms with Gasteiger partial charge in [-0.1, -0.05) is 12.1 Å². The van der Waals surface area contributed by atoms with Crippen molar-refractivity contribution >= 4 is 17.2 Å². The summed E-state index contributed by atoms with van der Waals surface area (Å²) in [4.78, 5) is 12.1. The Morgan fingerprint density at radius 1 is 1.19 bits per heavy atom. The van der Waals surface area contributed by atoms with Gasteiger partial charge in [0, 0.05) is 42.7 Å². The van der Waals surface area contributed by atoms with E-state index < -0.39 is 0 Å². The van der Waals surface area contributed by atoms with E-state index >= 15 is 0 Å². The van der Waals surface area contributed by atoms with Gasteiger partial charge < -0.3 is 9.73 Å². The molecule has 3 heterocycles. The van der Waals surface area contributed by atoms with Crippen LogP contribution in [0.15, 0.2) is 64.0 Å². The average Bonchev–Trinajstić information content (AvgIpc) is 3.47. The first-order chi connectivity index (χ1) is 13.3. The number of carbonyl (C=O) groups is 1. The van der Waals surface area contributed by atoms with Gasteiger partial charge >= 0.3 is 0 Å². The Kier molecular flexibility index (Phi) is 5.06. The molecular weight excluding hydrogens is 362 g/mol. The van der Waals surface area contributed by atoms with E-state index in [1.54, 1.807) is 22.2 Å². The molecule has 0 saturated heterocycles. The Bertz CT molecular complexity index is 991. The number of rotatable bonds is 7. The summed E-state index contributed by atoms with van der Waals surface area (Å²) in [5.41, 5.74) is 2.91. The van der Waals surface area contributed by atoms with E-state index in [1.165, 1.54) is 0 Å². The minimum Gasteiger partial charge on any atom is -0.421 e. The second-order valence-corrected chi connectivity index (χ2v) is 6.69. The molecule has 136 valence electrons. The molecule has 4 aromatic rings. The summed E-state index contributed by atoms with van der Waals surface area (Å²) in [6.07, 6.45) is 4.34.